The molecular weight excluding hydrogens is 324 g/mol. The smallest absolute Gasteiger partial charge is 0.307 e. The first-order chi connectivity index (χ1) is 9.58. The van der Waals surface area contributed by atoms with Gasteiger partial charge in [-0.3, -0.25) is 9.59 Å². The van der Waals surface area contributed by atoms with Gasteiger partial charge in [0, 0.05) is 6.20 Å². The van der Waals surface area contributed by atoms with E-state index in [1.54, 1.807) is 18.3 Å². The van der Waals surface area contributed by atoms with E-state index in [0.717, 1.165) is 6.42 Å². The third-order valence-corrected chi connectivity index (χ3v) is 4.69. The number of rotatable bonds is 3. The van der Waals surface area contributed by atoms with Crippen LogP contribution in [-0.2, 0) is 9.59 Å². The number of pyridine rings is 1. The standard InChI is InChI=1S/C14H13BrN2O3/c15-9-2-1-5-16-12(9)17-13(18)10-7-3-4-8(6-7)11(10)14(19)20/h1-5,7-8,10-11H,6H2,(H,19,20)(H,16,17,18)/t7?,8?,10-,11+/m0/s1. The number of aromatic nitrogens is 1. The maximum atomic E-state index is 12.4. The molecular formula is C14H13BrN2O3. The highest BCUT2D eigenvalue weighted by molar-refractivity contribution is 9.10. The zero-order valence-electron chi connectivity index (χ0n) is 10.5. The molecule has 4 atom stereocenters. The number of nitrogens with one attached hydrogen (secondary N) is 1. The summed E-state index contributed by atoms with van der Waals surface area (Å²) in [7, 11) is 0. The zero-order chi connectivity index (χ0) is 14.3. The number of carbonyl (C=O) groups is 2. The number of nitrogens with zero attached hydrogens (tertiary/aromatic N) is 1. The molecule has 2 aliphatic carbocycles. The van der Waals surface area contributed by atoms with Crippen molar-refractivity contribution in [2.24, 2.45) is 23.7 Å². The van der Waals surface area contributed by atoms with Crippen LogP contribution in [0.3, 0.4) is 0 Å². The Morgan fingerprint density at radius 2 is 2.00 bits per heavy atom. The third-order valence-electron chi connectivity index (χ3n) is 4.05. The van der Waals surface area contributed by atoms with Gasteiger partial charge >= 0.3 is 5.97 Å². The van der Waals surface area contributed by atoms with Crippen molar-refractivity contribution in [3.05, 3.63) is 35.0 Å². The molecule has 104 valence electrons. The van der Waals surface area contributed by atoms with Crippen LogP contribution in [0.4, 0.5) is 5.82 Å². The van der Waals surface area contributed by atoms with Crippen LogP contribution in [0.15, 0.2) is 35.0 Å². The molecule has 1 saturated carbocycles. The Morgan fingerprint density at radius 1 is 1.30 bits per heavy atom. The number of carbonyl (C=O) groups excluding carboxylic acids is 1. The number of allylic oxidation sites excluding steroid dienone is 2. The van der Waals surface area contributed by atoms with E-state index in [9.17, 15) is 14.7 Å². The van der Waals surface area contributed by atoms with Crippen LogP contribution in [-0.4, -0.2) is 22.0 Å². The maximum absolute atomic E-state index is 12.4. The fourth-order valence-electron chi connectivity index (χ4n) is 3.19. The SMILES string of the molecule is O=C(O)[C@@H]1C2C=CC(C2)[C@@H]1C(=O)Nc1ncccc1Br. The van der Waals surface area contributed by atoms with Gasteiger partial charge in [-0.25, -0.2) is 4.98 Å². The zero-order valence-corrected chi connectivity index (χ0v) is 12.1. The van der Waals surface area contributed by atoms with Crippen molar-refractivity contribution < 1.29 is 14.7 Å². The fourth-order valence-corrected chi connectivity index (χ4v) is 3.55. The van der Waals surface area contributed by atoms with Crippen LogP contribution < -0.4 is 5.32 Å². The number of halogens is 1. The van der Waals surface area contributed by atoms with Gasteiger partial charge in [-0.1, -0.05) is 12.2 Å². The summed E-state index contributed by atoms with van der Waals surface area (Å²) in [6.07, 6.45) is 6.21. The van der Waals surface area contributed by atoms with Crippen LogP contribution in [0.5, 0.6) is 0 Å². The molecule has 5 nitrogen and oxygen atoms in total. The van der Waals surface area contributed by atoms with Gasteiger partial charge < -0.3 is 10.4 Å². The lowest BCUT2D eigenvalue weighted by atomic mass is 9.82. The average Bonchev–Trinajstić information content (AvgIpc) is 3.01. The molecule has 1 aromatic heterocycles. The molecule has 2 N–H and O–H groups in total. The molecule has 20 heavy (non-hydrogen) atoms. The van der Waals surface area contributed by atoms with Gasteiger partial charge in [0.15, 0.2) is 0 Å². The van der Waals surface area contributed by atoms with Crippen LogP contribution in [0, 0.1) is 23.7 Å². The average molecular weight is 337 g/mol. The number of carboxylic acid groups (broad SMARTS) is 1. The van der Waals surface area contributed by atoms with Gasteiger partial charge in [0.25, 0.3) is 0 Å². The Morgan fingerprint density at radius 3 is 2.65 bits per heavy atom. The van der Waals surface area contributed by atoms with Gasteiger partial charge in [-0.2, -0.15) is 0 Å². The molecule has 1 amide bonds. The molecule has 0 saturated heterocycles. The number of amides is 1. The van der Waals surface area contributed by atoms with E-state index in [1.807, 2.05) is 12.2 Å². The molecule has 1 fully saturated rings. The molecule has 0 radical (unpaired) electrons. The van der Waals surface area contributed by atoms with Gasteiger partial charge in [-0.05, 0) is 46.3 Å². The number of carboxylic acids is 1. The van der Waals surface area contributed by atoms with Crippen molar-refractivity contribution in [1.82, 2.24) is 4.98 Å². The van der Waals surface area contributed by atoms with Gasteiger partial charge in [0.1, 0.15) is 5.82 Å². The normalized spacial score (nSPS) is 30.4. The predicted molar refractivity (Wildman–Crippen MR) is 75.9 cm³/mol. The van der Waals surface area contributed by atoms with Crippen molar-refractivity contribution in [3.63, 3.8) is 0 Å². The molecule has 2 aliphatic rings. The summed E-state index contributed by atoms with van der Waals surface area (Å²) < 4.78 is 0.680. The van der Waals surface area contributed by atoms with E-state index >= 15 is 0 Å². The van der Waals surface area contributed by atoms with Crippen molar-refractivity contribution in [1.29, 1.82) is 0 Å². The quantitative estimate of drug-likeness (QED) is 0.830. The minimum absolute atomic E-state index is 0.0172. The topological polar surface area (TPSA) is 79.3 Å². The van der Waals surface area contributed by atoms with Crippen LogP contribution >= 0.6 is 15.9 Å². The van der Waals surface area contributed by atoms with Crippen LogP contribution in [0.25, 0.3) is 0 Å². The van der Waals surface area contributed by atoms with Crippen LogP contribution in [0.2, 0.25) is 0 Å². The lowest BCUT2D eigenvalue weighted by Gasteiger charge is -2.23. The molecule has 2 unspecified atom stereocenters. The second kappa shape index (κ2) is 5.01. The monoisotopic (exact) mass is 336 g/mol. The Labute approximate surface area is 124 Å². The summed E-state index contributed by atoms with van der Waals surface area (Å²) in [5.74, 6) is -1.91. The van der Waals surface area contributed by atoms with Crippen molar-refractivity contribution in [3.8, 4) is 0 Å². The minimum Gasteiger partial charge on any atom is -0.481 e. The molecule has 0 aliphatic heterocycles. The van der Waals surface area contributed by atoms with E-state index in [-0.39, 0.29) is 17.7 Å². The highest BCUT2D eigenvalue weighted by Gasteiger charge is 2.51. The maximum Gasteiger partial charge on any atom is 0.307 e. The number of hydrogen-bond donors (Lipinski definition) is 2. The molecule has 2 bridgehead atoms. The molecule has 0 spiro atoms. The van der Waals surface area contributed by atoms with E-state index in [2.05, 4.69) is 26.2 Å². The van der Waals surface area contributed by atoms with Crippen molar-refractivity contribution in [2.75, 3.05) is 5.32 Å². The number of hydrogen-bond acceptors (Lipinski definition) is 3. The lowest BCUT2D eigenvalue weighted by molar-refractivity contribution is -0.146. The van der Waals surface area contributed by atoms with E-state index in [0.29, 0.717) is 10.3 Å². The first-order valence-electron chi connectivity index (χ1n) is 6.40. The Bertz CT molecular complexity index is 602. The number of fused-ring (bicyclic) bond motifs is 2. The summed E-state index contributed by atoms with van der Waals surface area (Å²) >= 11 is 3.31. The summed E-state index contributed by atoms with van der Waals surface area (Å²) in [4.78, 5) is 27.9. The highest BCUT2D eigenvalue weighted by atomic mass is 79.9. The molecule has 1 heterocycles. The van der Waals surface area contributed by atoms with Crippen molar-refractivity contribution >= 4 is 33.6 Å². The summed E-state index contributed by atoms with van der Waals surface area (Å²) in [6, 6.07) is 3.53. The third kappa shape index (κ3) is 2.14. The second-order valence-electron chi connectivity index (χ2n) is 5.16. The summed E-state index contributed by atoms with van der Waals surface area (Å²) in [5, 5.41) is 12.1. The molecule has 6 heteroatoms. The molecule has 0 aromatic carbocycles. The van der Waals surface area contributed by atoms with Gasteiger partial charge in [0.05, 0.1) is 16.3 Å². The molecule has 3 rings (SSSR count). The van der Waals surface area contributed by atoms with E-state index in [1.165, 1.54) is 0 Å². The van der Waals surface area contributed by atoms with Gasteiger partial charge in [0.2, 0.25) is 5.91 Å². The van der Waals surface area contributed by atoms with Gasteiger partial charge in [-0.15, -0.1) is 0 Å². The van der Waals surface area contributed by atoms with E-state index < -0.39 is 17.8 Å². The Balaban J connectivity index is 1.82. The Hall–Kier alpha value is -1.69. The highest BCUT2D eigenvalue weighted by Crippen LogP contribution is 2.48. The van der Waals surface area contributed by atoms with E-state index in [4.69, 9.17) is 0 Å². The first kappa shape index (κ1) is 13.3. The largest absolute Gasteiger partial charge is 0.481 e. The summed E-state index contributed by atoms with van der Waals surface area (Å²) in [5.41, 5.74) is 0. The first-order valence-corrected chi connectivity index (χ1v) is 7.19. The molecule has 1 aromatic rings. The predicted octanol–water partition coefficient (Wildman–Crippen LogP) is 2.31. The minimum atomic E-state index is -0.901. The van der Waals surface area contributed by atoms with Crippen molar-refractivity contribution in [2.45, 2.75) is 6.42 Å². The second-order valence-corrected chi connectivity index (χ2v) is 6.02. The Kier molecular flexibility index (Phi) is 3.33. The summed E-state index contributed by atoms with van der Waals surface area (Å²) in [6.45, 7) is 0. The van der Waals surface area contributed by atoms with Crippen LogP contribution in [0.1, 0.15) is 6.42 Å². The number of anilines is 1. The number of aliphatic carboxylic acids is 1. The lowest BCUT2D eigenvalue weighted by Crippen LogP contribution is -2.36. The fraction of sp³-hybridized carbons (Fsp3) is 0.357.